The summed E-state index contributed by atoms with van der Waals surface area (Å²) in [4.78, 5) is 0. The van der Waals surface area contributed by atoms with Gasteiger partial charge in [0, 0.05) is 11.1 Å². The predicted molar refractivity (Wildman–Crippen MR) is 167 cm³/mol. The van der Waals surface area contributed by atoms with Crippen LogP contribution in [0.2, 0.25) is 0 Å². The van der Waals surface area contributed by atoms with Crippen molar-refractivity contribution in [3.05, 3.63) is 118 Å². The van der Waals surface area contributed by atoms with Gasteiger partial charge in [0.05, 0.1) is 17.2 Å². The van der Waals surface area contributed by atoms with Gasteiger partial charge in [0.25, 0.3) is 0 Å². The van der Waals surface area contributed by atoms with E-state index >= 15 is 8.78 Å². The van der Waals surface area contributed by atoms with E-state index in [0.29, 0.717) is 42.5 Å². The van der Waals surface area contributed by atoms with Gasteiger partial charge in [-0.15, -0.1) is 0 Å². The third-order valence-corrected chi connectivity index (χ3v) is 9.11. The molecule has 0 N–H and O–H groups in total. The smallest absolute Gasteiger partial charge is 0.313 e. The molecule has 1 nitrogen and oxygen atoms in total. The predicted octanol–water partition coefficient (Wildman–Crippen LogP) is 12.6. The molecular formula is C38H33F11O. The second-order valence-corrected chi connectivity index (χ2v) is 12.6. The van der Waals surface area contributed by atoms with E-state index in [1.807, 2.05) is 6.92 Å². The highest BCUT2D eigenvalue weighted by Gasteiger charge is 2.47. The molecule has 268 valence electrons. The van der Waals surface area contributed by atoms with E-state index in [1.165, 1.54) is 24.3 Å². The topological polar surface area (TPSA) is 9.23 Å². The zero-order valence-electron chi connectivity index (χ0n) is 26.8. The Hall–Kier alpha value is -3.93. The minimum Gasteiger partial charge on any atom is -0.313 e. The number of hydrogen-bond donors (Lipinski definition) is 0. The Morgan fingerprint density at radius 1 is 0.660 bits per heavy atom. The first-order chi connectivity index (χ1) is 23.6. The van der Waals surface area contributed by atoms with Crippen molar-refractivity contribution in [2.24, 2.45) is 0 Å². The number of aryl methyl sites for hydroxylation is 1. The van der Waals surface area contributed by atoms with E-state index in [-0.39, 0.29) is 29.9 Å². The molecule has 0 spiro atoms. The normalized spacial score (nSPS) is 17.1. The van der Waals surface area contributed by atoms with Crippen molar-refractivity contribution in [1.82, 2.24) is 0 Å². The number of halogens is 11. The maximum absolute atomic E-state index is 15.3. The van der Waals surface area contributed by atoms with Crippen LogP contribution in [0.3, 0.4) is 0 Å². The van der Waals surface area contributed by atoms with Gasteiger partial charge in [-0.2, -0.15) is 17.6 Å². The molecule has 1 aliphatic carbocycles. The fourth-order valence-corrected chi connectivity index (χ4v) is 6.41. The Labute approximate surface area is 282 Å². The minimum absolute atomic E-state index is 0.0291. The molecule has 0 heterocycles. The van der Waals surface area contributed by atoms with Crippen molar-refractivity contribution in [2.75, 3.05) is 0 Å². The summed E-state index contributed by atoms with van der Waals surface area (Å²) >= 11 is 0. The molecule has 0 radical (unpaired) electrons. The molecule has 0 aliphatic heterocycles. The summed E-state index contributed by atoms with van der Waals surface area (Å²) in [5, 5.41) is 0. The van der Waals surface area contributed by atoms with E-state index in [9.17, 15) is 39.5 Å². The number of hydrogen-bond acceptors (Lipinski definition) is 1. The molecule has 0 atom stereocenters. The highest BCUT2D eigenvalue weighted by Crippen LogP contribution is 2.42. The monoisotopic (exact) mass is 714 g/mol. The van der Waals surface area contributed by atoms with Crippen LogP contribution < -0.4 is 0 Å². The maximum Gasteiger partial charge on any atom is 0.386 e. The summed E-state index contributed by atoms with van der Waals surface area (Å²) in [6, 6.07) is 11.7. The third-order valence-electron chi connectivity index (χ3n) is 9.11. The summed E-state index contributed by atoms with van der Waals surface area (Å²) in [5.74, 6) is -12.1. The Bertz CT molecular complexity index is 1790. The van der Waals surface area contributed by atoms with Crippen LogP contribution in [0.15, 0.2) is 66.7 Å². The first kappa shape index (κ1) is 37.3. The van der Waals surface area contributed by atoms with Crippen molar-refractivity contribution in [2.45, 2.75) is 88.8 Å². The van der Waals surface area contributed by atoms with Crippen LogP contribution in [0.1, 0.15) is 80.0 Å². The van der Waals surface area contributed by atoms with E-state index in [1.54, 1.807) is 6.07 Å². The molecule has 0 bridgehead atoms. The molecule has 50 heavy (non-hydrogen) atoms. The first-order valence-electron chi connectivity index (χ1n) is 16.2. The Balaban J connectivity index is 1.24. The zero-order chi connectivity index (χ0) is 36.4. The van der Waals surface area contributed by atoms with Crippen LogP contribution >= 0.6 is 0 Å². The van der Waals surface area contributed by atoms with Gasteiger partial charge in [0.2, 0.25) is 0 Å². The van der Waals surface area contributed by atoms with E-state index in [2.05, 4.69) is 0 Å². The lowest BCUT2D eigenvalue weighted by molar-refractivity contribution is -0.278. The van der Waals surface area contributed by atoms with Gasteiger partial charge in [-0.3, -0.25) is 0 Å². The molecule has 1 fully saturated rings. The van der Waals surface area contributed by atoms with E-state index in [4.69, 9.17) is 4.74 Å². The highest BCUT2D eigenvalue weighted by atomic mass is 19.3. The van der Waals surface area contributed by atoms with E-state index in [0.717, 1.165) is 43.5 Å². The van der Waals surface area contributed by atoms with Gasteiger partial charge in [0.1, 0.15) is 29.1 Å². The molecule has 4 aromatic rings. The van der Waals surface area contributed by atoms with Crippen molar-refractivity contribution in [3.63, 3.8) is 0 Å². The molecule has 1 aliphatic rings. The van der Waals surface area contributed by atoms with Crippen LogP contribution in [0.5, 0.6) is 0 Å². The number of rotatable bonds is 12. The second kappa shape index (κ2) is 15.1. The largest absolute Gasteiger partial charge is 0.386 e. The molecule has 0 saturated heterocycles. The number of unbranched alkanes of at least 4 members (excludes halogenated alkanes) is 2. The average molecular weight is 715 g/mol. The van der Waals surface area contributed by atoms with Crippen molar-refractivity contribution in [3.8, 4) is 22.3 Å². The van der Waals surface area contributed by atoms with Crippen LogP contribution in [0, 0.1) is 29.1 Å². The van der Waals surface area contributed by atoms with Crippen molar-refractivity contribution >= 4 is 0 Å². The summed E-state index contributed by atoms with van der Waals surface area (Å²) in [6.45, 7) is 2.03. The minimum atomic E-state index is -5.11. The van der Waals surface area contributed by atoms with Crippen LogP contribution in [0.25, 0.3) is 22.3 Å². The average Bonchev–Trinajstić information content (AvgIpc) is 3.04. The van der Waals surface area contributed by atoms with E-state index < -0.39 is 75.9 Å². The van der Waals surface area contributed by atoms with Gasteiger partial charge in [-0.1, -0.05) is 50.1 Å². The van der Waals surface area contributed by atoms with Gasteiger partial charge < -0.3 is 4.74 Å². The highest BCUT2D eigenvalue weighted by molar-refractivity contribution is 5.72. The Morgan fingerprint density at radius 2 is 1.26 bits per heavy atom. The maximum atomic E-state index is 15.3. The molecular weight excluding hydrogens is 681 g/mol. The van der Waals surface area contributed by atoms with Crippen molar-refractivity contribution in [1.29, 1.82) is 0 Å². The third kappa shape index (κ3) is 8.00. The second-order valence-electron chi connectivity index (χ2n) is 12.6. The van der Waals surface area contributed by atoms with Gasteiger partial charge in [-0.05, 0) is 103 Å². The van der Waals surface area contributed by atoms with Gasteiger partial charge in [-0.25, -0.2) is 30.7 Å². The zero-order valence-corrected chi connectivity index (χ0v) is 26.8. The van der Waals surface area contributed by atoms with Crippen LogP contribution in [-0.2, 0) is 23.2 Å². The van der Waals surface area contributed by atoms with Gasteiger partial charge >= 0.3 is 18.5 Å². The van der Waals surface area contributed by atoms with Crippen LogP contribution in [0.4, 0.5) is 48.3 Å². The lowest BCUT2D eigenvalue weighted by Gasteiger charge is -2.31. The van der Waals surface area contributed by atoms with Gasteiger partial charge in [0.15, 0.2) is 0 Å². The fraction of sp³-hybridized carbons (Fsp3) is 0.368. The standard InChI is InChI=1S/C38H33F11O/c1-2-3-4-5-21-6-15-29(32(41)16-21)38(48,49)50-26-11-7-22(8-12-26)23-9-13-27(30(39)17-23)24-10-14-28(31(40)18-24)25-19-33(42)35(34(43)20-25)37(46,47)36(44)45/h6,9-10,13-20,22,26,36H,2-5,7-8,11-12H2,1H3. The summed E-state index contributed by atoms with van der Waals surface area (Å²) in [5.41, 5.74) is -2.72. The van der Waals surface area contributed by atoms with Crippen LogP contribution in [-0.4, -0.2) is 12.5 Å². The summed E-state index contributed by atoms with van der Waals surface area (Å²) < 4.78 is 161. The quantitative estimate of drug-likeness (QED) is 0.105. The lowest BCUT2D eigenvalue weighted by atomic mass is 9.82. The molecule has 0 amide bonds. The molecule has 0 unspecified atom stereocenters. The fourth-order valence-electron chi connectivity index (χ4n) is 6.41. The van der Waals surface area contributed by atoms with Crippen molar-refractivity contribution < 1.29 is 53.0 Å². The summed E-state index contributed by atoms with van der Waals surface area (Å²) in [6.07, 6.45) is -4.51. The number of benzene rings is 4. The number of alkyl halides is 6. The Morgan fingerprint density at radius 3 is 1.84 bits per heavy atom. The number of ether oxygens (including phenoxy) is 1. The molecule has 1 saturated carbocycles. The molecule has 12 heteroatoms. The molecule has 5 rings (SSSR count). The lowest BCUT2D eigenvalue weighted by Crippen LogP contribution is -2.30. The Kier molecular flexibility index (Phi) is 11.3. The summed E-state index contributed by atoms with van der Waals surface area (Å²) in [7, 11) is 0. The SMILES string of the molecule is CCCCCc1ccc(C(F)(F)OC2CCC(c3ccc(-c4ccc(-c5cc(F)c(C(F)(F)C(F)F)c(F)c5)c(F)c4)c(F)c3)CC2)c(F)c1. The molecule has 0 aromatic heterocycles. The molecule has 4 aromatic carbocycles. The first-order valence-corrected chi connectivity index (χ1v) is 16.2.